The van der Waals surface area contributed by atoms with Gasteiger partial charge in [-0.3, -0.25) is 0 Å². The Hall–Kier alpha value is -3.26. The quantitative estimate of drug-likeness (QED) is 0.697. The topological polar surface area (TPSA) is 71.1 Å². The number of methoxy groups -OCH3 is 1. The number of nitriles is 1. The minimum Gasteiger partial charge on any atom is -0.497 e. The van der Waals surface area contributed by atoms with Crippen molar-refractivity contribution in [2.24, 2.45) is 0 Å². The van der Waals surface area contributed by atoms with Gasteiger partial charge in [0.15, 0.2) is 0 Å². The first-order valence-electron chi connectivity index (χ1n) is 8.33. The van der Waals surface area contributed by atoms with Crippen molar-refractivity contribution in [3.8, 4) is 23.3 Å². The lowest BCUT2D eigenvalue weighted by molar-refractivity contribution is 0.415. The van der Waals surface area contributed by atoms with E-state index in [1.54, 1.807) is 7.11 Å². The molecule has 0 spiro atoms. The van der Waals surface area contributed by atoms with Crippen LogP contribution in [0.2, 0.25) is 0 Å². The predicted molar refractivity (Wildman–Crippen MR) is 102 cm³/mol. The summed E-state index contributed by atoms with van der Waals surface area (Å²) in [5.74, 6) is 1.50. The van der Waals surface area contributed by atoms with E-state index >= 15 is 0 Å². The van der Waals surface area contributed by atoms with Gasteiger partial charge in [0.25, 0.3) is 0 Å². The van der Waals surface area contributed by atoms with Gasteiger partial charge in [0.05, 0.1) is 7.11 Å². The van der Waals surface area contributed by atoms with Crippen LogP contribution in [0.4, 0.5) is 11.6 Å². The van der Waals surface area contributed by atoms with Gasteiger partial charge < -0.3 is 14.5 Å². The third kappa shape index (κ3) is 3.70. The van der Waals surface area contributed by atoms with Gasteiger partial charge in [0.1, 0.15) is 11.8 Å². The van der Waals surface area contributed by atoms with Crippen LogP contribution in [0.3, 0.4) is 0 Å². The highest BCUT2D eigenvalue weighted by Crippen LogP contribution is 2.30. The molecule has 1 heterocycles. The zero-order valence-corrected chi connectivity index (χ0v) is 15.3. The van der Waals surface area contributed by atoms with Crippen LogP contribution in [-0.2, 0) is 5.41 Å². The Morgan fingerprint density at radius 1 is 1.04 bits per heavy atom. The van der Waals surface area contributed by atoms with Gasteiger partial charge in [-0.1, -0.05) is 32.9 Å². The molecule has 0 aliphatic carbocycles. The summed E-state index contributed by atoms with van der Waals surface area (Å²) in [5, 5.41) is 12.5. The van der Waals surface area contributed by atoms with Crippen LogP contribution in [0, 0.1) is 11.3 Å². The molecule has 2 aromatic carbocycles. The highest BCUT2D eigenvalue weighted by molar-refractivity contribution is 5.64. The summed E-state index contributed by atoms with van der Waals surface area (Å²) in [6.45, 7) is 6.49. The second-order valence-corrected chi connectivity index (χ2v) is 6.99. The number of oxazole rings is 1. The van der Waals surface area contributed by atoms with E-state index in [0.717, 1.165) is 17.0 Å². The number of anilines is 2. The SMILES string of the molecule is COc1ccc(Nc2oc(-c3ccc(C(C)(C)C)cc3)nc2C#N)cc1. The Bertz CT molecular complexity index is 927. The van der Waals surface area contributed by atoms with Crippen LogP contribution in [0.1, 0.15) is 32.0 Å². The van der Waals surface area contributed by atoms with Gasteiger partial charge in [0, 0.05) is 11.3 Å². The van der Waals surface area contributed by atoms with E-state index in [4.69, 9.17) is 9.15 Å². The monoisotopic (exact) mass is 347 g/mol. The molecule has 0 fully saturated rings. The maximum Gasteiger partial charge on any atom is 0.236 e. The van der Waals surface area contributed by atoms with Gasteiger partial charge in [-0.2, -0.15) is 10.2 Å². The first-order chi connectivity index (χ1) is 12.4. The molecule has 3 rings (SSSR count). The molecule has 1 N–H and O–H groups in total. The molecule has 1 aromatic heterocycles. The summed E-state index contributed by atoms with van der Waals surface area (Å²) >= 11 is 0. The molecule has 0 unspecified atom stereocenters. The molecule has 5 heteroatoms. The van der Waals surface area contributed by atoms with Gasteiger partial charge >= 0.3 is 0 Å². The van der Waals surface area contributed by atoms with Crippen LogP contribution in [0.5, 0.6) is 5.75 Å². The molecular formula is C21H21N3O2. The number of nitrogens with zero attached hydrogens (tertiary/aromatic N) is 2. The van der Waals surface area contributed by atoms with Crippen LogP contribution < -0.4 is 10.1 Å². The summed E-state index contributed by atoms with van der Waals surface area (Å²) in [4.78, 5) is 4.31. The molecule has 26 heavy (non-hydrogen) atoms. The van der Waals surface area contributed by atoms with Crippen molar-refractivity contribution in [1.82, 2.24) is 4.98 Å². The molecule has 0 aliphatic rings. The zero-order valence-electron chi connectivity index (χ0n) is 15.3. The highest BCUT2D eigenvalue weighted by Gasteiger charge is 2.17. The van der Waals surface area contributed by atoms with E-state index in [1.807, 2.05) is 36.4 Å². The fourth-order valence-corrected chi connectivity index (χ4v) is 2.52. The van der Waals surface area contributed by atoms with Gasteiger partial charge in [-0.15, -0.1) is 0 Å². The molecule has 0 saturated heterocycles. The summed E-state index contributed by atoms with van der Waals surface area (Å²) in [7, 11) is 1.61. The largest absolute Gasteiger partial charge is 0.497 e. The number of benzene rings is 2. The number of aromatic nitrogens is 1. The Morgan fingerprint density at radius 3 is 2.23 bits per heavy atom. The van der Waals surface area contributed by atoms with Crippen LogP contribution in [0.15, 0.2) is 52.9 Å². The average molecular weight is 347 g/mol. The molecule has 0 aliphatic heterocycles. The molecule has 0 amide bonds. The Balaban J connectivity index is 1.87. The van der Waals surface area contributed by atoms with Crippen molar-refractivity contribution in [2.75, 3.05) is 12.4 Å². The fourth-order valence-electron chi connectivity index (χ4n) is 2.52. The zero-order chi connectivity index (χ0) is 18.7. The van der Waals surface area contributed by atoms with Crippen molar-refractivity contribution in [3.63, 3.8) is 0 Å². The normalized spacial score (nSPS) is 11.0. The van der Waals surface area contributed by atoms with Gasteiger partial charge in [-0.05, 0) is 47.4 Å². The molecule has 5 nitrogen and oxygen atoms in total. The van der Waals surface area contributed by atoms with E-state index in [1.165, 1.54) is 5.56 Å². The molecule has 132 valence electrons. The lowest BCUT2D eigenvalue weighted by Gasteiger charge is -2.18. The summed E-state index contributed by atoms with van der Waals surface area (Å²) in [5.41, 5.74) is 3.14. The number of hydrogen-bond donors (Lipinski definition) is 1. The van der Waals surface area contributed by atoms with Crippen molar-refractivity contribution >= 4 is 11.6 Å². The van der Waals surface area contributed by atoms with E-state index in [2.05, 4.69) is 49.3 Å². The van der Waals surface area contributed by atoms with Crippen LogP contribution >= 0.6 is 0 Å². The molecule has 0 radical (unpaired) electrons. The summed E-state index contributed by atoms with van der Waals surface area (Å²) < 4.78 is 10.9. The lowest BCUT2D eigenvalue weighted by atomic mass is 9.87. The highest BCUT2D eigenvalue weighted by atomic mass is 16.5. The second kappa shape index (κ2) is 6.93. The first-order valence-corrected chi connectivity index (χ1v) is 8.33. The first kappa shape index (κ1) is 17.6. The van der Waals surface area contributed by atoms with Crippen molar-refractivity contribution in [3.05, 3.63) is 59.8 Å². The van der Waals surface area contributed by atoms with E-state index < -0.39 is 0 Å². The Kier molecular flexibility index (Phi) is 4.68. The minimum atomic E-state index is 0.0774. The van der Waals surface area contributed by atoms with Crippen LogP contribution in [0.25, 0.3) is 11.5 Å². The average Bonchev–Trinajstić information content (AvgIpc) is 3.04. The molecular weight excluding hydrogens is 326 g/mol. The fraction of sp³-hybridized carbons (Fsp3) is 0.238. The standard InChI is InChI=1S/C21H21N3O2/c1-21(2,3)15-7-5-14(6-8-15)19-24-18(13-22)20(26-19)23-16-9-11-17(25-4)12-10-16/h5-12,23H,1-4H3. The number of ether oxygens (including phenoxy) is 1. The Morgan fingerprint density at radius 2 is 1.69 bits per heavy atom. The van der Waals surface area contributed by atoms with E-state index in [-0.39, 0.29) is 11.1 Å². The van der Waals surface area contributed by atoms with Crippen molar-refractivity contribution in [1.29, 1.82) is 5.26 Å². The van der Waals surface area contributed by atoms with Gasteiger partial charge in [-0.25, -0.2) is 0 Å². The smallest absolute Gasteiger partial charge is 0.236 e. The molecule has 0 atom stereocenters. The number of nitrogens with one attached hydrogen (secondary N) is 1. The summed E-state index contributed by atoms with van der Waals surface area (Å²) in [6, 6.07) is 17.5. The van der Waals surface area contributed by atoms with Gasteiger partial charge in [0.2, 0.25) is 17.5 Å². The van der Waals surface area contributed by atoms with E-state index in [0.29, 0.717) is 11.8 Å². The third-order valence-corrected chi connectivity index (χ3v) is 4.08. The number of rotatable bonds is 4. The molecule has 3 aromatic rings. The Labute approximate surface area is 153 Å². The third-order valence-electron chi connectivity index (χ3n) is 4.08. The minimum absolute atomic E-state index is 0.0774. The van der Waals surface area contributed by atoms with Crippen molar-refractivity contribution < 1.29 is 9.15 Å². The lowest BCUT2D eigenvalue weighted by Crippen LogP contribution is -2.10. The van der Waals surface area contributed by atoms with Crippen LogP contribution in [-0.4, -0.2) is 12.1 Å². The maximum absolute atomic E-state index is 9.36. The van der Waals surface area contributed by atoms with E-state index in [9.17, 15) is 5.26 Å². The molecule has 0 bridgehead atoms. The maximum atomic E-state index is 9.36. The number of hydrogen-bond acceptors (Lipinski definition) is 5. The second-order valence-electron chi connectivity index (χ2n) is 6.99. The molecule has 0 saturated carbocycles. The van der Waals surface area contributed by atoms with Crippen molar-refractivity contribution in [2.45, 2.75) is 26.2 Å². The summed E-state index contributed by atoms with van der Waals surface area (Å²) in [6.07, 6.45) is 0. The predicted octanol–water partition coefficient (Wildman–Crippen LogP) is 5.26.